The van der Waals surface area contributed by atoms with E-state index in [-0.39, 0.29) is 30.4 Å². The summed E-state index contributed by atoms with van der Waals surface area (Å²) in [5, 5.41) is 3.31. The van der Waals surface area contributed by atoms with Crippen molar-refractivity contribution in [3.63, 3.8) is 0 Å². The maximum absolute atomic E-state index is 5.83. The van der Waals surface area contributed by atoms with E-state index in [1.807, 2.05) is 0 Å². The fraction of sp³-hybridized carbons (Fsp3) is 1.00. The lowest BCUT2D eigenvalue weighted by atomic mass is 9.94. The van der Waals surface area contributed by atoms with Gasteiger partial charge >= 0.3 is 0 Å². The minimum atomic E-state index is 0. The monoisotopic (exact) mass is 254 g/mol. The molecular formula is C10H20Cl2N2O. The number of ether oxygens (including phenoxy) is 1. The molecule has 1 spiro atoms. The van der Waals surface area contributed by atoms with Crippen molar-refractivity contribution in [3.8, 4) is 0 Å². The fourth-order valence-electron chi connectivity index (χ4n) is 2.36. The Morgan fingerprint density at radius 3 is 2.53 bits per heavy atom. The van der Waals surface area contributed by atoms with E-state index < -0.39 is 0 Å². The van der Waals surface area contributed by atoms with Crippen LogP contribution in [0.2, 0.25) is 0 Å². The van der Waals surface area contributed by atoms with Crippen LogP contribution in [-0.2, 0) is 4.74 Å². The van der Waals surface area contributed by atoms with Crippen LogP contribution in [0.3, 0.4) is 0 Å². The number of halogens is 2. The topological polar surface area (TPSA) is 24.5 Å². The van der Waals surface area contributed by atoms with Gasteiger partial charge in [-0.2, -0.15) is 0 Å². The summed E-state index contributed by atoms with van der Waals surface area (Å²) in [6.07, 6.45) is 2.92. The Bertz CT molecular complexity index is 208. The Balaban J connectivity index is 0.000000562. The van der Waals surface area contributed by atoms with Gasteiger partial charge in [-0.15, -0.1) is 24.8 Å². The van der Waals surface area contributed by atoms with Gasteiger partial charge in [-0.25, -0.2) is 0 Å². The predicted octanol–water partition coefficient (Wildman–Crippen LogP) is 0.914. The van der Waals surface area contributed by atoms with Crippen LogP contribution in [0, 0.1) is 5.92 Å². The van der Waals surface area contributed by atoms with Gasteiger partial charge in [-0.1, -0.05) is 0 Å². The minimum Gasteiger partial charge on any atom is -0.370 e. The molecule has 0 aromatic rings. The second-order valence-electron chi connectivity index (χ2n) is 4.81. The van der Waals surface area contributed by atoms with Crippen LogP contribution in [0.1, 0.15) is 12.8 Å². The highest BCUT2D eigenvalue weighted by molar-refractivity contribution is 5.85. The van der Waals surface area contributed by atoms with Crippen LogP contribution in [0.5, 0.6) is 0 Å². The lowest BCUT2D eigenvalue weighted by Gasteiger charge is -2.48. The molecule has 0 amide bonds. The Hall–Kier alpha value is 0.460. The first kappa shape index (κ1) is 13.5. The Morgan fingerprint density at radius 2 is 2.00 bits per heavy atom. The molecule has 3 fully saturated rings. The van der Waals surface area contributed by atoms with Crippen molar-refractivity contribution < 1.29 is 4.74 Å². The van der Waals surface area contributed by atoms with E-state index in [1.165, 1.54) is 19.4 Å². The molecule has 1 saturated carbocycles. The van der Waals surface area contributed by atoms with Gasteiger partial charge < -0.3 is 10.1 Å². The summed E-state index contributed by atoms with van der Waals surface area (Å²) in [5.41, 5.74) is 0.202. The molecule has 90 valence electrons. The summed E-state index contributed by atoms with van der Waals surface area (Å²) in [6, 6.07) is 0. The summed E-state index contributed by atoms with van der Waals surface area (Å²) in [7, 11) is 0. The van der Waals surface area contributed by atoms with E-state index in [0.29, 0.717) is 0 Å². The maximum atomic E-state index is 5.83. The third kappa shape index (κ3) is 2.98. The molecular weight excluding hydrogens is 235 g/mol. The van der Waals surface area contributed by atoms with Gasteiger partial charge in [0.05, 0.1) is 6.61 Å². The lowest BCUT2D eigenvalue weighted by Crippen LogP contribution is -2.68. The van der Waals surface area contributed by atoms with Gasteiger partial charge in [0.1, 0.15) is 5.60 Å². The predicted molar refractivity (Wildman–Crippen MR) is 65.2 cm³/mol. The van der Waals surface area contributed by atoms with Crippen LogP contribution in [0.15, 0.2) is 0 Å². The van der Waals surface area contributed by atoms with Crippen molar-refractivity contribution in [1.82, 2.24) is 10.2 Å². The number of hydrogen-bond donors (Lipinski definition) is 1. The first-order valence-corrected chi connectivity index (χ1v) is 5.43. The molecule has 3 aliphatic rings. The smallest absolute Gasteiger partial charge is 0.106 e. The van der Waals surface area contributed by atoms with Crippen LogP contribution >= 0.6 is 24.8 Å². The molecule has 15 heavy (non-hydrogen) atoms. The van der Waals surface area contributed by atoms with Gasteiger partial charge in [0.25, 0.3) is 0 Å². The van der Waals surface area contributed by atoms with Crippen molar-refractivity contribution in [3.05, 3.63) is 0 Å². The third-order valence-corrected chi connectivity index (χ3v) is 3.44. The second kappa shape index (κ2) is 5.19. The lowest BCUT2D eigenvalue weighted by molar-refractivity contribution is -0.135. The van der Waals surface area contributed by atoms with Crippen LogP contribution in [0.25, 0.3) is 0 Å². The minimum absolute atomic E-state index is 0. The highest BCUT2D eigenvalue weighted by Crippen LogP contribution is 2.31. The third-order valence-electron chi connectivity index (χ3n) is 3.44. The van der Waals surface area contributed by atoms with E-state index in [9.17, 15) is 0 Å². The molecule has 0 atom stereocenters. The Labute approximate surface area is 104 Å². The highest BCUT2D eigenvalue weighted by atomic mass is 35.5. The van der Waals surface area contributed by atoms with Gasteiger partial charge in [-0.3, -0.25) is 4.90 Å². The summed E-state index contributed by atoms with van der Waals surface area (Å²) in [4.78, 5) is 2.60. The van der Waals surface area contributed by atoms with Crippen molar-refractivity contribution in [1.29, 1.82) is 0 Å². The fourth-order valence-corrected chi connectivity index (χ4v) is 2.36. The van der Waals surface area contributed by atoms with Crippen molar-refractivity contribution >= 4 is 24.8 Å². The molecule has 3 rings (SSSR count). The maximum Gasteiger partial charge on any atom is 0.106 e. The van der Waals surface area contributed by atoms with Gasteiger partial charge in [0, 0.05) is 32.7 Å². The molecule has 1 N–H and O–H groups in total. The largest absolute Gasteiger partial charge is 0.370 e. The quantitative estimate of drug-likeness (QED) is 0.794. The molecule has 2 heterocycles. The zero-order valence-corrected chi connectivity index (χ0v) is 10.5. The standard InChI is InChI=1S/C10H18N2O.2ClH/c1-2-9(1)5-12-3-4-13-10(8-12)6-11-7-10;;/h9,11H,1-8H2;2*1H. The summed E-state index contributed by atoms with van der Waals surface area (Å²) in [5.74, 6) is 1.02. The normalized spacial score (nSPS) is 28.8. The van der Waals surface area contributed by atoms with Crippen molar-refractivity contribution in [2.24, 2.45) is 5.92 Å². The highest BCUT2D eigenvalue weighted by Gasteiger charge is 2.42. The zero-order valence-electron chi connectivity index (χ0n) is 8.91. The SMILES string of the molecule is C1CN(CC2CC2)CC2(CNC2)O1.Cl.Cl. The van der Waals surface area contributed by atoms with E-state index in [4.69, 9.17) is 4.74 Å². The number of rotatable bonds is 2. The molecule has 3 nitrogen and oxygen atoms in total. The number of hydrogen-bond acceptors (Lipinski definition) is 3. The summed E-state index contributed by atoms with van der Waals surface area (Å²) in [6.45, 7) is 6.70. The Kier molecular flexibility index (Phi) is 4.68. The first-order chi connectivity index (χ1) is 6.36. The van der Waals surface area contributed by atoms with Gasteiger partial charge in [0.2, 0.25) is 0 Å². The molecule has 0 unspecified atom stereocenters. The number of nitrogens with zero attached hydrogens (tertiary/aromatic N) is 1. The number of nitrogens with one attached hydrogen (secondary N) is 1. The van der Waals surface area contributed by atoms with Crippen LogP contribution in [-0.4, -0.2) is 49.8 Å². The molecule has 0 aromatic heterocycles. The first-order valence-electron chi connectivity index (χ1n) is 5.43. The second-order valence-corrected chi connectivity index (χ2v) is 4.81. The van der Waals surface area contributed by atoms with Gasteiger partial charge in [0.15, 0.2) is 0 Å². The molecule has 0 bridgehead atoms. The number of morpholine rings is 1. The molecule has 0 aromatic carbocycles. The van der Waals surface area contributed by atoms with Crippen molar-refractivity contribution in [2.45, 2.75) is 18.4 Å². The average Bonchev–Trinajstić information content (AvgIpc) is 2.86. The van der Waals surface area contributed by atoms with E-state index in [2.05, 4.69) is 10.2 Å². The van der Waals surface area contributed by atoms with Crippen LogP contribution in [0.4, 0.5) is 0 Å². The van der Waals surface area contributed by atoms with E-state index >= 15 is 0 Å². The average molecular weight is 255 g/mol. The molecule has 2 saturated heterocycles. The van der Waals surface area contributed by atoms with Crippen molar-refractivity contribution in [2.75, 3.05) is 39.3 Å². The zero-order chi connectivity index (χ0) is 8.73. The molecule has 0 radical (unpaired) electrons. The van der Waals surface area contributed by atoms with E-state index in [0.717, 1.165) is 38.7 Å². The van der Waals surface area contributed by atoms with Crippen LogP contribution < -0.4 is 5.32 Å². The molecule has 5 heteroatoms. The summed E-state index contributed by atoms with van der Waals surface area (Å²) >= 11 is 0. The molecule has 2 aliphatic heterocycles. The van der Waals surface area contributed by atoms with E-state index in [1.54, 1.807) is 0 Å². The summed E-state index contributed by atoms with van der Waals surface area (Å²) < 4.78 is 5.83. The van der Waals surface area contributed by atoms with Gasteiger partial charge in [-0.05, 0) is 18.8 Å². The molecule has 1 aliphatic carbocycles. The Morgan fingerprint density at radius 1 is 1.27 bits per heavy atom.